The molecule has 0 spiro atoms. The summed E-state index contributed by atoms with van der Waals surface area (Å²) in [6, 6.07) is 11.6. The number of hydrogen-bond donors (Lipinski definition) is 2. The van der Waals surface area contributed by atoms with Gasteiger partial charge in [-0.05, 0) is 34.5 Å². The molecule has 2 aromatic carbocycles. The molecule has 0 saturated carbocycles. The van der Waals surface area contributed by atoms with Crippen molar-refractivity contribution in [1.29, 1.82) is 0 Å². The summed E-state index contributed by atoms with van der Waals surface area (Å²) in [4.78, 5) is 3.97. The lowest BCUT2D eigenvalue weighted by atomic mass is 10.1. The molecule has 108 valence electrons. The van der Waals surface area contributed by atoms with Crippen molar-refractivity contribution in [2.24, 2.45) is 16.5 Å². The first-order valence-corrected chi connectivity index (χ1v) is 5.96. The predicted molar refractivity (Wildman–Crippen MR) is 82.2 cm³/mol. The number of alkyl halides is 1. The molecule has 0 fully saturated rings. The topological polar surface area (TPSA) is 73.6 Å². The third-order valence-electron chi connectivity index (χ3n) is 2.67. The van der Waals surface area contributed by atoms with Crippen LogP contribution in [0.3, 0.4) is 0 Å². The van der Waals surface area contributed by atoms with E-state index in [1.165, 1.54) is 0 Å². The summed E-state index contributed by atoms with van der Waals surface area (Å²) in [5.41, 5.74) is 11.6. The minimum absolute atomic E-state index is 0. The number of nitrogens with two attached hydrogens (primary N) is 2. The zero-order chi connectivity index (χ0) is 13.7. The van der Waals surface area contributed by atoms with Crippen LogP contribution in [0, 0.1) is 0 Å². The van der Waals surface area contributed by atoms with Crippen LogP contribution in [0.5, 0.6) is 5.75 Å². The van der Waals surface area contributed by atoms with Crippen LogP contribution in [-0.2, 0) is 6.54 Å². The van der Waals surface area contributed by atoms with Gasteiger partial charge in [-0.25, -0.2) is 9.38 Å². The Bertz CT molecular complexity index is 600. The van der Waals surface area contributed by atoms with E-state index in [0.29, 0.717) is 12.3 Å². The molecule has 0 heterocycles. The first-order chi connectivity index (χ1) is 9.19. The largest absolute Gasteiger partial charge is 0.491 e. The lowest BCUT2D eigenvalue weighted by Crippen LogP contribution is -2.22. The highest BCUT2D eigenvalue weighted by molar-refractivity contribution is 5.85. The van der Waals surface area contributed by atoms with E-state index >= 15 is 0 Å². The Morgan fingerprint density at radius 1 is 1.10 bits per heavy atom. The molecular weight excluding hydrogens is 281 g/mol. The average molecular weight is 298 g/mol. The van der Waals surface area contributed by atoms with Gasteiger partial charge in [0.05, 0.1) is 6.54 Å². The second-order valence-electron chi connectivity index (χ2n) is 4.12. The van der Waals surface area contributed by atoms with Gasteiger partial charge in [0.25, 0.3) is 0 Å². The van der Waals surface area contributed by atoms with Crippen molar-refractivity contribution in [2.75, 3.05) is 13.3 Å². The van der Waals surface area contributed by atoms with Gasteiger partial charge < -0.3 is 16.2 Å². The fraction of sp³-hybridized carbons (Fsp3) is 0.214. The summed E-state index contributed by atoms with van der Waals surface area (Å²) < 4.78 is 17.3. The van der Waals surface area contributed by atoms with Gasteiger partial charge in [0.15, 0.2) is 5.96 Å². The Labute approximate surface area is 123 Å². The van der Waals surface area contributed by atoms with Crippen LogP contribution in [0.15, 0.2) is 41.4 Å². The number of fused-ring (bicyclic) bond motifs is 1. The zero-order valence-electron chi connectivity index (χ0n) is 10.9. The fourth-order valence-corrected chi connectivity index (χ4v) is 1.80. The van der Waals surface area contributed by atoms with Gasteiger partial charge in [0.2, 0.25) is 0 Å². The number of benzene rings is 2. The van der Waals surface area contributed by atoms with E-state index in [9.17, 15) is 4.39 Å². The highest BCUT2D eigenvalue weighted by atomic mass is 35.5. The number of ether oxygens (including phenoxy) is 1. The third kappa shape index (κ3) is 4.28. The fourth-order valence-electron chi connectivity index (χ4n) is 1.80. The van der Waals surface area contributed by atoms with Gasteiger partial charge in [-0.1, -0.05) is 18.2 Å². The number of halogens is 2. The number of guanidine groups is 1. The Morgan fingerprint density at radius 2 is 1.80 bits per heavy atom. The molecule has 0 bridgehead atoms. The normalized spacial score (nSPS) is 9.85. The second kappa shape index (κ2) is 7.55. The summed E-state index contributed by atoms with van der Waals surface area (Å²) in [6.07, 6.45) is 0. The molecule has 0 aliphatic rings. The summed E-state index contributed by atoms with van der Waals surface area (Å²) in [5, 5.41) is 2.10. The van der Waals surface area contributed by atoms with E-state index in [-0.39, 0.29) is 25.0 Å². The van der Waals surface area contributed by atoms with Crippen molar-refractivity contribution in [3.8, 4) is 5.75 Å². The summed E-state index contributed by atoms with van der Waals surface area (Å²) in [5.74, 6) is 0.747. The van der Waals surface area contributed by atoms with Gasteiger partial charge >= 0.3 is 0 Å². The Balaban J connectivity index is 0.00000200. The number of rotatable bonds is 5. The minimum atomic E-state index is -0.491. The van der Waals surface area contributed by atoms with Crippen LogP contribution >= 0.6 is 12.4 Å². The molecule has 0 unspecified atom stereocenters. The molecular formula is C14H17ClFN3O. The van der Waals surface area contributed by atoms with E-state index < -0.39 is 6.67 Å². The Morgan fingerprint density at radius 3 is 2.50 bits per heavy atom. The van der Waals surface area contributed by atoms with Crippen LogP contribution in [0.4, 0.5) is 4.39 Å². The Kier molecular flexibility index (Phi) is 6.06. The van der Waals surface area contributed by atoms with Crippen LogP contribution in [-0.4, -0.2) is 19.2 Å². The molecule has 4 N–H and O–H groups in total. The molecule has 0 atom stereocenters. The minimum Gasteiger partial charge on any atom is -0.491 e. The van der Waals surface area contributed by atoms with Crippen molar-refractivity contribution >= 4 is 29.1 Å². The van der Waals surface area contributed by atoms with Gasteiger partial charge in [-0.2, -0.15) is 0 Å². The van der Waals surface area contributed by atoms with Crippen LogP contribution in [0.2, 0.25) is 0 Å². The highest BCUT2D eigenvalue weighted by Crippen LogP contribution is 2.22. The molecule has 2 rings (SSSR count). The lowest BCUT2D eigenvalue weighted by molar-refractivity contribution is 0.273. The molecule has 0 radical (unpaired) electrons. The maximum atomic E-state index is 12.0. The summed E-state index contributed by atoms with van der Waals surface area (Å²) >= 11 is 0. The third-order valence-corrected chi connectivity index (χ3v) is 2.67. The zero-order valence-corrected chi connectivity index (χ0v) is 11.7. The molecule has 6 heteroatoms. The monoisotopic (exact) mass is 297 g/mol. The van der Waals surface area contributed by atoms with Crippen molar-refractivity contribution in [3.63, 3.8) is 0 Å². The number of nitrogens with zero attached hydrogens (tertiary/aromatic N) is 1. The molecule has 0 aromatic heterocycles. The van der Waals surface area contributed by atoms with E-state index in [2.05, 4.69) is 4.99 Å². The van der Waals surface area contributed by atoms with E-state index in [1.807, 2.05) is 36.4 Å². The van der Waals surface area contributed by atoms with Crippen molar-refractivity contribution < 1.29 is 9.13 Å². The highest BCUT2D eigenvalue weighted by Gasteiger charge is 1.99. The number of aliphatic imine (C=N–C) groups is 1. The smallest absolute Gasteiger partial charge is 0.186 e. The van der Waals surface area contributed by atoms with Crippen LogP contribution in [0.1, 0.15) is 5.56 Å². The Hall–Kier alpha value is -2.01. The van der Waals surface area contributed by atoms with Gasteiger partial charge in [0, 0.05) is 0 Å². The SMILES string of the molecule is Cl.NC(N)=NCc1ccc2cc(OCCF)ccc2c1. The van der Waals surface area contributed by atoms with Crippen molar-refractivity contribution in [2.45, 2.75) is 6.54 Å². The average Bonchev–Trinajstić information content (AvgIpc) is 2.42. The predicted octanol–water partition coefficient (Wildman–Crippen LogP) is 2.38. The summed E-state index contributed by atoms with van der Waals surface area (Å²) in [6.45, 7) is 0.0436. The van der Waals surface area contributed by atoms with Gasteiger partial charge in [-0.15, -0.1) is 12.4 Å². The lowest BCUT2D eigenvalue weighted by Gasteiger charge is -2.06. The quantitative estimate of drug-likeness (QED) is 0.657. The standard InChI is InChI=1S/C14H16FN3O.ClH/c15-5-6-19-13-4-3-11-7-10(9-18-14(16)17)1-2-12(11)8-13;/h1-4,7-8H,5-6,9H2,(H4,16,17,18);1H. The first-order valence-electron chi connectivity index (χ1n) is 5.96. The van der Waals surface area contributed by atoms with E-state index in [4.69, 9.17) is 16.2 Å². The summed E-state index contributed by atoms with van der Waals surface area (Å²) in [7, 11) is 0. The maximum Gasteiger partial charge on any atom is 0.186 e. The molecule has 4 nitrogen and oxygen atoms in total. The van der Waals surface area contributed by atoms with E-state index in [0.717, 1.165) is 16.3 Å². The van der Waals surface area contributed by atoms with Crippen LogP contribution < -0.4 is 16.2 Å². The molecule has 0 amide bonds. The molecule has 0 aliphatic heterocycles. The molecule has 20 heavy (non-hydrogen) atoms. The van der Waals surface area contributed by atoms with Gasteiger partial charge in [0.1, 0.15) is 19.0 Å². The first kappa shape index (κ1) is 16.0. The van der Waals surface area contributed by atoms with Gasteiger partial charge in [-0.3, -0.25) is 0 Å². The van der Waals surface area contributed by atoms with E-state index in [1.54, 1.807) is 0 Å². The maximum absolute atomic E-state index is 12.0. The second-order valence-corrected chi connectivity index (χ2v) is 4.12. The molecule has 0 saturated heterocycles. The van der Waals surface area contributed by atoms with Crippen molar-refractivity contribution in [1.82, 2.24) is 0 Å². The molecule has 2 aromatic rings. The molecule has 0 aliphatic carbocycles. The number of hydrogen-bond acceptors (Lipinski definition) is 2. The van der Waals surface area contributed by atoms with Crippen LogP contribution in [0.25, 0.3) is 10.8 Å². The van der Waals surface area contributed by atoms with Crippen molar-refractivity contribution in [3.05, 3.63) is 42.0 Å².